The van der Waals surface area contributed by atoms with Crippen LogP contribution in [0.5, 0.6) is 0 Å². The van der Waals surface area contributed by atoms with Crippen molar-refractivity contribution in [2.45, 2.75) is 32.2 Å². The summed E-state index contributed by atoms with van der Waals surface area (Å²) < 4.78 is 72.1. The van der Waals surface area contributed by atoms with Crippen LogP contribution in [0, 0.1) is 0 Å². The lowest BCUT2D eigenvalue weighted by Crippen LogP contribution is -2.43. The van der Waals surface area contributed by atoms with Gasteiger partial charge in [-0.1, -0.05) is 13.8 Å². The molecule has 0 aromatic carbocycles. The Kier molecular flexibility index (Phi) is 6.35. The maximum Gasteiger partial charge on any atom is 0.320 e. The van der Waals surface area contributed by atoms with Gasteiger partial charge in [0.05, 0.1) is 12.3 Å². The molecule has 104 valence electrons. The van der Waals surface area contributed by atoms with Crippen LogP contribution in [0.25, 0.3) is 0 Å². The number of hydrogen-bond acceptors (Lipinski definition) is 3. The smallest absolute Gasteiger partial charge is 0.313 e. The topological polar surface area (TPSA) is 58.2 Å². The number of nitrogens with one attached hydrogen (secondary N) is 2. The van der Waals surface area contributed by atoms with Gasteiger partial charge in [-0.05, 0) is 0 Å². The minimum absolute atomic E-state index is 0.0488. The highest BCUT2D eigenvalue weighted by atomic mass is 32.2. The van der Waals surface area contributed by atoms with Gasteiger partial charge in [-0.25, -0.2) is 21.9 Å². The molecule has 0 aromatic heterocycles. The van der Waals surface area contributed by atoms with Crippen molar-refractivity contribution < 1.29 is 26.0 Å². The van der Waals surface area contributed by atoms with Crippen molar-refractivity contribution in [3.8, 4) is 0 Å². The summed E-state index contributed by atoms with van der Waals surface area (Å²) in [5, 5.41) is 2.77. The van der Waals surface area contributed by atoms with E-state index in [4.69, 9.17) is 0 Å². The van der Waals surface area contributed by atoms with Crippen molar-refractivity contribution in [1.29, 1.82) is 0 Å². The molecular formula is C8H16F4N2O2S. The first-order valence-corrected chi connectivity index (χ1v) is 6.59. The second-order valence-corrected chi connectivity index (χ2v) is 5.74. The fourth-order valence-electron chi connectivity index (χ4n) is 0.837. The molecule has 0 saturated carbocycles. The van der Waals surface area contributed by atoms with E-state index in [1.54, 1.807) is 13.8 Å². The first kappa shape index (κ1) is 16.6. The minimum atomic E-state index is -4.35. The van der Waals surface area contributed by atoms with E-state index in [0.717, 1.165) is 0 Å². The van der Waals surface area contributed by atoms with Gasteiger partial charge in [-0.15, -0.1) is 0 Å². The highest BCUT2D eigenvalue weighted by Crippen LogP contribution is 2.21. The first-order chi connectivity index (χ1) is 7.57. The molecule has 4 nitrogen and oxygen atoms in total. The normalized spacial score (nSPS) is 13.6. The van der Waals surface area contributed by atoms with Gasteiger partial charge in [0.25, 0.3) is 0 Å². The van der Waals surface area contributed by atoms with Gasteiger partial charge in [0.15, 0.2) is 0 Å². The van der Waals surface area contributed by atoms with Gasteiger partial charge < -0.3 is 5.32 Å². The minimum Gasteiger partial charge on any atom is -0.313 e. The Hall–Kier alpha value is -0.410. The second-order valence-electron chi connectivity index (χ2n) is 3.81. The lowest BCUT2D eigenvalue weighted by Gasteiger charge is -2.16. The van der Waals surface area contributed by atoms with Gasteiger partial charge in [0.1, 0.15) is 0 Å². The van der Waals surface area contributed by atoms with Gasteiger partial charge in [0.2, 0.25) is 10.0 Å². The van der Waals surface area contributed by atoms with E-state index in [1.807, 2.05) is 0 Å². The average Bonchev–Trinajstić information content (AvgIpc) is 2.14. The molecule has 0 heterocycles. The summed E-state index contributed by atoms with van der Waals surface area (Å²) in [5.41, 5.74) is 0. The molecular weight excluding hydrogens is 264 g/mol. The number of alkyl halides is 4. The third-order valence-electron chi connectivity index (χ3n) is 1.77. The lowest BCUT2D eigenvalue weighted by molar-refractivity contribution is -0.122. The van der Waals surface area contributed by atoms with Gasteiger partial charge in [-0.3, -0.25) is 0 Å². The molecule has 2 N–H and O–H groups in total. The SMILES string of the molecule is CC(C)NCCS(=O)(=O)NCC(F)(F)C(F)F. The Bertz CT molecular complexity index is 319. The summed E-state index contributed by atoms with van der Waals surface area (Å²) in [6, 6.07) is 0.0488. The van der Waals surface area contributed by atoms with E-state index >= 15 is 0 Å². The second kappa shape index (κ2) is 6.50. The average molecular weight is 280 g/mol. The number of sulfonamides is 1. The van der Waals surface area contributed by atoms with E-state index < -0.39 is 34.7 Å². The predicted molar refractivity (Wildman–Crippen MR) is 55.9 cm³/mol. The van der Waals surface area contributed by atoms with Crippen molar-refractivity contribution >= 4 is 10.0 Å². The molecule has 0 rings (SSSR count). The molecule has 0 fully saturated rings. The standard InChI is InChI=1S/C8H16F4N2O2S/c1-6(2)13-3-4-17(15,16)14-5-8(11,12)7(9)10/h6-7,13-14H,3-5H2,1-2H3. The number of hydrogen-bond donors (Lipinski definition) is 2. The Labute approximate surface area is 97.8 Å². The first-order valence-electron chi connectivity index (χ1n) is 4.93. The molecule has 0 spiro atoms. The third-order valence-corrected chi connectivity index (χ3v) is 3.10. The molecule has 0 atom stereocenters. The van der Waals surface area contributed by atoms with Crippen molar-refractivity contribution in [2.75, 3.05) is 18.8 Å². The number of rotatable bonds is 8. The Morgan fingerprint density at radius 1 is 1.24 bits per heavy atom. The van der Waals surface area contributed by atoms with Crippen LogP contribution in [-0.4, -0.2) is 45.6 Å². The highest BCUT2D eigenvalue weighted by Gasteiger charge is 2.41. The maximum atomic E-state index is 12.4. The molecule has 0 aromatic rings. The van der Waals surface area contributed by atoms with Gasteiger partial charge >= 0.3 is 12.3 Å². The summed E-state index contributed by atoms with van der Waals surface area (Å²) in [6.07, 6.45) is -3.89. The lowest BCUT2D eigenvalue weighted by atomic mass is 10.4. The summed E-state index contributed by atoms with van der Waals surface area (Å²) in [7, 11) is -3.97. The van der Waals surface area contributed by atoms with Crippen LogP contribution < -0.4 is 10.0 Å². The van der Waals surface area contributed by atoms with Crippen LogP contribution in [0.3, 0.4) is 0 Å². The monoisotopic (exact) mass is 280 g/mol. The molecule has 0 aliphatic carbocycles. The third kappa shape index (κ3) is 7.50. The molecule has 0 amide bonds. The Balaban J connectivity index is 4.11. The molecule has 0 aliphatic rings. The molecule has 17 heavy (non-hydrogen) atoms. The van der Waals surface area contributed by atoms with Gasteiger partial charge in [0, 0.05) is 12.6 Å². The largest absolute Gasteiger partial charge is 0.320 e. The maximum absolute atomic E-state index is 12.4. The zero-order chi connectivity index (χ0) is 13.7. The zero-order valence-corrected chi connectivity index (χ0v) is 10.3. The van der Waals surface area contributed by atoms with Crippen molar-refractivity contribution in [2.24, 2.45) is 0 Å². The molecule has 0 radical (unpaired) electrons. The van der Waals surface area contributed by atoms with E-state index in [2.05, 4.69) is 5.32 Å². The molecule has 0 aliphatic heterocycles. The van der Waals surface area contributed by atoms with Crippen LogP contribution in [0.1, 0.15) is 13.8 Å². The number of halogens is 4. The Morgan fingerprint density at radius 2 is 1.76 bits per heavy atom. The Morgan fingerprint density at radius 3 is 2.18 bits per heavy atom. The van der Waals surface area contributed by atoms with E-state index in [1.165, 1.54) is 4.72 Å². The fourth-order valence-corrected chi connectivity index (χ4v) is 1.78. The zero-order valence-electron chi connectivity index (χ0n) is 9.51. The van der Waals surface area contributed by atoms with E-state index in [0.29, 0.717) is 0 Å². The van der Waals surface area contributed by atoms with Crippen molar-refractivity contribution in [1.82, 2.24) is 10.0 Å². The highest BCUT2D eigenvalue weighted by molar-refractivity contribution is 7.89. The molecule has 0 unspecified atom stereocenters. The molecule has 0 saturated heterocycles. The summed E-state index contributed by atoms with van der Waals surface area (Å²) >= 11 is 0. The summed E-state index contributed by atoms with van der Waals surface area (Å²) in [5.74, 6) is -4.79. The summed E-state index contributed by atoms with van der Waals surface area (Å²) in [4.78, 5) is 0. The van der Waals surface area contributed by atoms with E-state index in [9.17, 15) is 26.0 Å². The van der Waals surface area contributed by atoms with Crippen LogP contribution in [0.15, 0.2) is 0 Å². The quantitative estimate of drug-likeness (QED) is 0.647. The van der Waals surface area contributed by atoms with Crippen molar-refractivity contribution in [3.63, 3.8) is 0 Å². The van der Waals surface area contributed by atoms with Crippen LogP contribution in [0.2, 0.25) is 0 Å². The molecule has 9 heteroatoms. The van der Waals surface area contributed by atoms with Gasteiger partial charge in [-0.2, -0.15) is 8.78 Å². The molecule has 0 bridgehead atoms. The van der Waals surface area contributed by atoms with Crippen LogP contribution in [0.4, 0.5) is 17.6 Å². The van der Waals surface area contributed by atoms with Crippen LogP contribution >= 0.6 is 0 Å². The van der Waals surface area contributed by atoms with E-state index in [-0.39, 0.29) is 12.6 Å². The predicted octanol–water partition coefficient (Wildman–Crippen LogP) is 0.804. The van der Waals surface area contributed by atoms with Crippen LogP contribution in [-0.2, 0) is 10.0 Å². The fraction of sp³-hybridized carbons (Fsp3) is 1.00. The van der Waals surface area contributed by atoms with Crippen molar-refractivity contribution in [3.05, 3.63) is 0 Å². The summed E-state index contributed by atoms with van der Waals surface area (Å²) in [6.45, 7) is 2.04.